The van der Waals surface area contributed by atoms with Gasteiger partial charge in [0.05, 0.1) is 10.6 Å². The molecule has 0 aliphatic rings. The third-order valence-corrected chi connectivity index (χ3v) is 2.18. The molecule has 0 aliphatic heterocycles. The molecule has 0 unspecified atom stereocenters. The molecule has 3 nitrogen and oxygen atoms in total. The van der Waals surface area contributed by atoms with Crippen molar-refractivity contribution in [3.63, 3.8) is 0 Å². The highest BCUT2D eigenvalue weighted by Gasteiger charge is 2.12. The minimum absolute atomic E-state index is 0.141. The number of halogens is 2. The van der Waals surface area contributed by atoms with E-state index in [1.165, 1.54) is 6.20 Å². The van der Waals surface area contributed by atoms with E-state index in [1.54, 1.807) is 30.3 Å². The molecule has 1 aromatic carbocycles. The summed E-state index contributed by atoms with van der Waals surface area (Å²) in [4.78, 5) is 15.2. The first-order chi connectivity index (χ1) is 8.16. The molecular formula is C12H7ClFNO2. The number of pyridine rings is 1. The lowest BCUT2D eigenvalue weighted by Gasteiger charge is -2.04. The zero-order valence-electron chi connectivity index (χ0n) is 8.56. The number of hydrogen-bond acceptors (Lipinski definition) is 3. The molecule has 0 saturated carbocycles. The molecular weight excluding hydrogens is 245 g/mol. The SMILES string of the molecule is O=C(Oc1ncc(Cl)cc1F)c1ccccc1. The molecule has 1 aromatic heterocycles. The third kappa shape index (κ3) is 2.79. The van der Waals surface area contributed by atoms with Crippen LogP contribution in [0.3, 0.4) is 0 Å². The Morgan fingerprint density at radius 3 is 2.65 bits per heavy atom. The quantitative estimate of drug-likeness (QED) is 0.770. The van der Waals surface area contributed by atoms with Crippen LogP contribution in [0.5, 0.6) is 5.88 Å². The summed E-state index contributed by atoms with van der Waals surface area (Å²) < 4.78 is 18.1. The smallest absolute Gasteiger partial charge is 0.344 e. The monoisotopic (exact) mass is 251 g/mol. The number of carbonyl (C=O) groups is 1. The number of benzene rings is 1. The molecule has 2 aromatic rings. The minimum atomic E-state index is -0.776. The molecule has 5 heteroatoms. The molecule has 17 heavy (non-hydrogen) atoms. The van der Waals surface area contributed by atoms with Gasteiger partial charge >= 0.3 is 5.97 Å². The lowest BCUT2D eigenvalue weighted by atomic mass is 10.2. The predicted molar refractivity (Wildman–Crippen MR) is 60.6 cm³/mol. The Bertz CT molecular complexity index is 545. The second kappa shape index (κ2) is 4.93. The maximum absolute atomic E-state index is 13.3. The molecule has 0 N–H and O–H groups in total. The zero-order chi connectivity index (χ0) is 12.3. The van der Waals surface area contributed by atoms with Gasteiger partial charge in [0.1, 0.15) is 0 Å². The summed E-state index contributed by atoms with van der Waals surface area (Å²) in [7, 11) is 0. The highest BCUT2D eigenvalue weighted by molar-refractivity contribution is 6.30. The fourth-order valence-electron chi connectivity index (χ4n) is 1.20. The molecule has 1 heterocycles. The van der Waals surface area contributed by atoms with Gasteiger partial charge in [0.2, 0.25) is 0 Å². The Morgan fingerprint density at radius 1 is 1.29 bits per heavy atom. The van der Waals surface area contributed by atoms with Crippen molar-refractivity contribution in [2.45, 2.75) is 0 Å². The number of aromatic nitrogens is 1. The van der Waals surface area contributed by atoms with Crippen LogP contribution in [0.1, 0.15) is 10.4 Å². The van der Waals surface area contributed by atoms with Crippen molar-refractivity contribution in [1.82, 2.24) is 4.98 Å². The van der Waals surface area contributed by atoms with Crippen molar-refractivity contribution < 1.29 is 13.9 Å². The van der Waals surface area contributed by atoms with E-state index in [-0.39, 0.29) is 10.9 Å². The van der Waals surface area contributed by atoms with E-state index >= 15 is 0 Å². The van der Waals surface area contributed by atoms with Gasteiger partial charge in [-0.2, -0.15) is 0 Å². The maximum Gasteiger partial charge on any atom is 0.344 e. The Hall–Kier alpha value is -1.94. The number of rotatable bonds is 2. The highest BCUT2D eigenvalue weighted by atomic mass is 35.5. The maximum atomic E-state index is 13.3. The molecule has 0 atom stereocenters. The van der Waals surface area contributed by atoms with E-state index in [2.05, 4.69) is 4.98 Å². The summed E-state index contributed by atoms with van der Waals surface area (Å²) >= 11 is 5.53. The summed E-state index contributed by atoms with van der Waals surface area (Å²) in [6, 6.07) is 9.29. The molecule has 0 radical (unpaired) electrons. The second-order valence-electron chi connectivity index (χ2n) is 3.20. The van der Waals surface area contributed by atoms with Gasteiger partial charge in [-0.05, 0) is 18.2 Å². The van der Waals surface area contributed by atoms with Gasteiger partial charge in [0.25, 0.3) is 5.88 Å². The van der Waals surface area contributed by atoms with E-state index in [4.69, 9.17) is 16.3 Å². The zero-order valence-corrected chi connectivity index (χ0v) is 9.32. The van der Waals surface area contributed by atoms with Crippen LogP contribution in [0.4, 0.5) is 4.39 Å². The van der Waals surface area contributed by atoms with Crippen molar-refractivity contribution >= 4 is 17.6 Å². The molecule has 0 spiro atoms. The molecule has 0 bridgehead atoms. The van der Waals surface area contributed by atoms with Crippen molar-refractivity contribution in [2.75, 3.05) is 0 Å². The van der Waals surface area contributed by atoms with Crippen molar-refractivity contribution in [1.29, 1.82) is 0 Å². The van der Waals surface area contributed by atoms with Crippen molar-refractivity contribution in [2.24, 2.45) is 0 Å². The molecule has 86 valence electrons. The van der Waals surface area contributed by atoms with Gasteiger partial charge in [0, 0.05) is 6.20 Å². The summed E-state index contributed by atoms with van der Waals surface area (Å²) in [5.74, 6) is -1.83. The largest absolute Gasteiger partial charge is 0.401 e. The van der Waals surface area contributed by atoms with Crippen LogP contribution in [-0.4, -0.2) is 11.0 Å². The van der Waals surface area contributed by atoms with Crippen LogP contribution < -0.4 is 4.74 Å². The second-order valence-corrected chi connectivity index (χ2v) is 3.63. The molecule has 0 amide bonds. The fourth-order valence-corrected chi connectivity index (χ4v) is 1.34. The number of carbonyl (C=O) groups excluding carboxylic acids is 1. The van der Waals surface area contributed by atoms with Gasteiger partial charge in [0.15, 0.2) is 5.82 Å². The van der Waals surface area contributed by atoms with E-state index in [0.29, 0.717) is 5.56 Å². The van der Waals surface area contributed by atoms with Crippen molar-refractivity contribution in [3.8, 4) is 5.88 Å². The first kappa shape index (κ1) is 11.5. The summed E-state index contributed by atoms with van der Waals surface area (Å²) in [5.41, 5.74) is 0.323. The van der Waals surface area contributed by atoms with Crippen LogP contribution >= 0.6 is 11.6 Å². The Balaban J connectivity index is 2.19. The summed E-state index contributed by atoms with van der Waals surface area (Å²) in [5, 5.41) is 0.141. The standard InChI is InChI=1S/C12H7ClFNO2/c13-9-6-10(14)11(15-7-9)17-12(16)8-4-2-1-3-5-8/h1-7H. The van der Waals surface area contributed by atoms with Gasteiger partial charge in [-0.15, -0.1) is 0 Å². The summed E-state index contributed by atoms with van der Waals surface area (Å²) in [6.45, 7) is 0. The Kier molecular flexibility index (Phi) is 3.35. The number of ether oxygens (including phenoxy) is 1. The van der Waals surface area contributed by atoms with E-state index in [0.717, 1.165) is 6.07 Å². The van der Waals surface area contributed by atoms with Crippen LogP contribution in [0.25, 0.3) is 0 Å². The van der Waals surface area contributed by atoms with Crippen LogP contribution in [0.15, 0.2) is 42.6 Å². The van der Waals surface area contributed by atoms with Gasteiger partial charge < -0.3 is 4.74 Å². The number of esters is 1. The Morgan fingerprint density at radius 2 is 2.00 bits per heavy atom. The number of nitrogens with zero attached hydrogens (tertiary/aromatic N) is 1. The highest BCUT2D eigenvalue weighted by Crippen LogP contribution is 2.18. The Labute approximate surface area is 102 Å². The van der Waals surface area contributed by atoms with Crippen LogP contribution in [-0.2, 0) is 0 Å². The first-order valence-electron chi connectivity index (χ1n) is 4.75. The average Bonchev–Trinajstić information content (AvgIpc) is 2.34. The van der Waals surface area contributed by atoms with E-state index in [1.807, 2.05) is 0 Å². The molecule has 0 aliphatic carbocycles. The molecule has 2 rings (SSSR count). The minimum Gasteiger partial charge on any atom is -0.401 e. The van der Waals surface area contributed by atoms with Gasteiger partial charge in [-0.1, -0.05) is 29.8 Å². The lowest BCUT2D eigenvalue weighted by molar-refractivity contribution is 0.0720. The fraction of sp³-hybridized carbons (Fsp3) is 0. The third-order valence-electron chi connectivity index (χ3n) is 1.97. The van der Waals surface area contributed by atoms with Crippen molar-refractivity contribution in [3.05, 3.63) is 59.0 Å². The van der Waals surface area contributed by atoms with Gasteiger partial charge in [-0.3, -0.25) is 0 Å². The average molecular weight is 252 g/mol. The summed E-state index contributed by atoms with van der Waals surface area (Å²) in [6.07, 6.45) is 1.21. The van der Waals surface area contributed by atoms with Gasteiger partial charge in [-0.25, -0.2) is 14.2 Å². The number of hydrogen-bond donors (Lipinski definition) is 0. The molecule has 0 fully saturated rings. The first-order valence-corrected chi connectivity index (χ1v) is 5.13. The molecule has 0 saturated heterocycles. The van der Waals surface area contributed by atoms with E-state index in [9.17, 15) is 9.18 Å². The topological polar surface area (TPSA) is 39.2 Å². The lowest BCUT2D eigenvalue weighted by Crippen LogP contribution is -2.10. The van der Waals surface area contributed by atoms with Crippen LogP contribution in [0, 0.1) is 5.82 Å². The normalized spacial score (nSPS) is 10.0. The predicted octanol–water partition coefficient (Wildman–Crippen LogP) is 3.09. The van der Waals surface area contributed by atoms with Crippen LogP contribution in [0.2, 0.25) is 5.02 Å². The van der Waals surface area contributed by atoms with E-state index < -0.39 is 11.8 Å².